The van der Waals surface area contributed by atoms with Gasteiger partial charge in [-0.3, -0.25) is 9.59 Å². The molecule has 0 aliphatic heterocycles. The summed E-state index contributed by atoms with van der Waals surface area (Å²) >= 11 is 0. The average molecular weight is 283 g/mol. The molecule has 1 N–H and O–H groups in total. The van der Waals surface area contributed by atoms with Crippen LogP contribution in [-0.2, 0) is 0 Å². The fourth-order valence-electron chi connectivity index (χ4n) is 1.74. The number of hydrogen-bond donors (Lipinski definition) is 1. The summed E-state index contributed by atoms with van der Waals surface area (Å²) in [7, 11) is 0. The molecule has 0 bridgehead atoms. The number of rotatable bonds is 3. The molecular formula is C13H8F3NO3. The van der Waals surface area contributed by atoms with Crippen LogP contribution >= 0.6 is 0 Å². The molecule has 0 radical (unpaired) electrons. The fraction of sp³-hybridized carbons (Fsp3) is 0.0769. The first-order valence-corrected chi connectivity index (χ1v) is 5.44. The molecule has 4 nitrogen and oxygen atoms in total. The van der Waals surface area contributed by atoms with E-state index < -0.39 is 17.7 Å². The van der Waals surface area contributed by atoms with E-state index in [-0.39, 0.29) is 16.7 Å². The Bertz CT molecular complexity index is 692. The smallest absolute Gasteiger partial charge is 0.406 e. The number of halogens is 3. The molecular weight excluding hydrogens is 275 g/mol. The van der Waals surface area contributed by atoms with Gasteiger partial charge in [0.15, 0.2) is 6.29 Å². The van der Waals surface area contributed by atoms with E-state index in [9.17, 15) is 22.8 Å². The summed E-state index contributed by atoms with van der Waals surface area (Å²) in [6.07, 6.45) is -3.08. The van der Waals surface area contributed by atoms with Crippen molar-refractivity contribution in [3.05, 3.63) is 52.4 Å². The van der Waals surface area contributed by atoms with Gasteiger partial charge in [-0.25, -0.2) is 0 Å². The van der Waals surface area contributed by atoms with E-state index in [4.69, 9.17) is 0 Å². The van der Waals surface area contributed by atoms with Crippen LogP contribution in [0.3, 0.4) is 0 Å². The zero-order chi connectivity index (χ0) is 14.8. The van der Waals surface area contributed by atoms with Gasteiger partial charge >= 0.3 is 6.36 Å². The van der Waals surface area contributed by atoms with Gasteiger partial charge < -0.3 is 9.72 Å². The lowest BCUT2D eigenvalue weighted by atomic mass is 10.0. The Morgan fingerprint density at radius 2 is 1.95 bits per heavy atom. The molecule has 0 unspecified atom stereocenters. The molecule has 0 aliphatic carbocycles. The first-order valence-electron chi connectivity index (χ1n) is 5.44. The van der Waals surface area contributed by atoms with Crippen LogP contribution in [-0.4, -0.2) is 17.6 Å². The molecule has 1 aromatic carbocycles. The number of pyridine rings is 1. The molecule has 0 saturated carbocycles. The standard InChI is InChI=1S/C13H8F3NO3/c14-13(15,16)20-10-3-1-2-8(6-10)11-9(7-18)4-5-17-12(11)19/h1-7H,(H,17,19). The predicted molar refractivity (Wildman–Crippen MR) is 64.6 cm³/mol. The van der Waals surface area contributed by atoms with Crippen LogP contribution in [0.15, 0.2) is 41.3 Å². The molecule has 2 rings (SSSR count). The van der Waals surface area contributed by atoms with Gasteiger partial charge in [0.1, 0.15) is 5.75 Å². The number of hydrogen-bond acceptors (Lipinski definition) is 3. The number of nitrogens with one attached hydrogen (secondary N) is 1. The molecule has 0 aliphatic rings. The van der Waals surface area contributed by atoms with Crippen LogP contribution in [0.1, 0.15) is 10.4 Å². The normalized spacial score (nSPS) is 11.2. The molecule has 0 spiro atoms. The van der Waals surface area contributed by atoms with Crippen molar-refractivity contribution in [2.45, 2.75) is 6.36 Å². The molecule has 1 heterocycles. The monoisotopic (exact) mass is 283 g/mol. The van der Waals surface area contributed by atoms with Crippen LogP contribution < -0.4 is 10.3 Å². The van der Waals surface area contributed by atoms with Crippen LogP contribution in [0, 0.1) is 0 Å². The molecule has 0 amide bonds. The lowest BCUT2D eigenvalue weighted by molar-refractivity contribution is -0.274. The highest BCUT2D eigenvalue weighted by molar-refractivity contribution is 5.87. The van der Waals surface area contributed by atoms with Crippen molar-refractivity contribution in [2.75, 3.05) is 0 Å². The predicted octanol–water partition coefficient (Wildman–Crippen LogP) is 2.75. The number of carbonyl (C=O) groups excluding carboxylic acids is 1. The minimum atomic E-state index is -4.82. The second kappa shape index (κ2) is 5.20. The van der Waals surface area contributed by atoms with E-state index >= 15 is 0 Å². The minimum absolute atomic E-state index is 0.00451. The van der Waals surface area contributed by atoms with Crippen LogP contribution in [0.2, 0.25) is 0 Å². The largest absolute Gasteiger partial charge is 0.573 e. The van der Waals surface area contributed by atoms with E-state index in [0.29, 0.717) is 6.29 Å². The highest BCUT2D eigenvalue weighted by Gasteiger charge is 2.31. The summed E-state index contributed by atoms with van der Waals surface area (Å²) in [5.74, 6) is -0.463. The summed E-state index contributed by atoms with van der Waals surface area (Å²) in [6, 6.07) is 6.24. The third kappa shape index (κ3) is 3.05. The highest BCUT2D eigenvalue weighted by Crippen LogP contribution is 2.27. The van der Waals surface area contributed by atoms with E-state index in [0.717, 1.165) is 12.1 Å². The topological polar surface area (TPSA) is 59.2 Å². The Hall–Kier alpha value is -2.57. The number of aromatic nitrogens is 1. The van der Waals surface area contributed by atoms with E-state index in [1.807, 2.05) is 0 Å². The third-order valence-corrected chi connectivity index (χ3v) is 2.48. The quantitative estimate of drug-likeness (QED) is 0.881. The van der Waals surface area contributed by atoms with Crippen LogP contribution in [0.4, 0.5) is 13.2 Å². The molecule has 20 heavy (non-hydrogen) atoms. The van der Waals surface area contributed by atoms with Crippen LogP contribution in [0.5, 0.6) is 5.75 Å². The number of benzene rings is 1. The van der Waals surface area contributed by atoms with Crippen molar-refractivity contribution in [1.82, 2.24) is 4.98 Å². The Balaban J connectivity index is 2.52. The summed E-state index contributed by atoms with van der Waals surface area (Å²) in [5, 5.41) is 0. The SMILES string of the molecule is O=Cc1cc[nH]c(=O)c1-c1cccc(OC(F)(F)F)c1. The summed E-state index contributed by atoms with van der Waals surface area (Å²) < 4.78 is 40.2. The molecule has 0 saturated heterocycles. The Kier molecular flexibility index (Phi) is 3.60. The maximum atomic E-state index is 12.2. The number of alkyl halides is 3. The molecule has 7 heteroatoms. The molecule has 0 atom stereocenters. The number of carbonyl (C=O) groups is 1. The van der Waals surface area contributed by atoms with Crippen molar-refractivity contribution in [3.63, 3.8) is 0 Å². The van der Waals surface area contributed by atoms with Gasteiger partial charge in [0.25, 0.3) is 5.56 Å². The Morgan fingerprint density at radius 3 is 2.60 bits per heavy atom. The third-order valence-electron chi connectivity index (χ3n) is 2.48. The Morgan fingerprint density at radius 1 is 1.20 bits per heavy atom. The van der Waals surface area contributed by atoms with Gasteiger partial charge in [-0.15, -0.1) is 13.2 Å². The number of ether oxygens (including phenoxy) is 1. The number of aromatic amines is 1. The highest BCUT2D eigenvalue weighted by atomic mass is 19.4. The zero-order valence-corrected chi connectivity index (χ0v) is 9.90. The van der Waals surface area contributed by atoms with Crippen molar-refractivity contribution >= 4 is 6.29 Å². The van der Waals surface area contributed by atoms with Crippen molar-refractivity contribution in [1.29, 1.82) is 0 Å². The van der Waals surface area contributed by atoms with Crippen molar-refractivity contribution in [2.24, 2.45) is 0 Å². The van der Waals surface area contributed by atoms with Crippen molar-refractivity contribution < 1.29 is 22.7 Å². The van der Waals surface area contributed by atoms with Gasteiger partial charge in [0.2, 0.25) is 0 Å². The summed E-state index contributed by atoms with van der Waals surface area (Å²) in [5.41, 5.74) is -0.331. The van der Waals surface area contributed by atoms with Gasteiger partial charge in [-0.2, -0.15) is 0 Å². The average Bonchev–Trinajstić information content (AvgIpc) is 2.36. The molecule has 0 fully saturated rings. The maximum Gasteiger partial charge on any atom is 0.573 e. The minimum Gasteiger partial charge on any atom is -0.406 e. The van der Waals surface area contributed by atoms with Gasteiger partial charge in [0.05, 0.1) is 5.56 Å². The molecule has 104 valence electrons. The van der Waals surface area contributed by atoms with Gasteiger partial charge in [0, 0.05) is 11.8 Å². The fourth-order valence-corrected chi connectivity index (χ4v) is 1.74. The summed E-state index contributed by atoms with van der Waals surface area (Å²) in [4.78, 5) is 25.0. The Labute approximate surface area is 110 Å². The summed E-state index contributed by atoms with van der Waals surface area (Å²) in [6.45, 7) is 0. The lowest BCUT2D eigenvalue weighted by Crippen LogP contribution is -2.17. The maximum absolute atomic E-state index is 12.2. The zero-order valence-electron chi connectivity index (χ0n) is 9.90. The second-order valence-corrected chi connectivity index (χ2v) is 3.83. The van der Waals surface area contributed by atoms with Crippen LogP contribution in [0.25, 0.3) is 11.1 Å². The van der Waals surface area contributed by atoms with Crippen molar-refractivity contribution in [3.8, 4) is 16.9 Å². The number of H-pyrrole nitrogens is 1. The van der Waals surface area contributed by atoms with E-state index in [2.05, 4.69) is 9.72 Å². The first kappa shape index (κ1) is 13.9. The van der Waals surface area contributed by atoms with E-state index in [1.54, 1.807) is 0 Å². The van der Waals surface area contributed by atoms with Gasteiger partial charge in [-0.1, -0.05) is 12.1 Å². The lowest BCUT2D eigenvalue weighted by Gasteiger charge is -2.10. The molecule has 1 aromatic heterocycles. The molecule has 2 aromatic rings. The number of aldehydes is 1. The second-order valence-electron chi connectivity index (χ2n) is 3.83. The van der Waals surface area contributed by atoms with E-state index in [1.165, 1.54) is 24.4 Å². The van der Waals surface area contributed by atoms with Gasteiger partial charge in [-0.05, 0) is 23.8 Å². The first-order chi connectivity index (χ1) is 9.40.